The summed E-state index contributed by atoms with van der Waals surface area (Å²) in [6.07, 6.45) is 3.12. The molecular formula is C19H17N5O. The second-order valence-corrected chi connectivity index (χ2v) is 6.50. The summed E-state index contributed by atoms with van der Waals surface area (Å²) in [6, 6.07) is 11.6. The van der Waals surface area contributed by atoms with E-state index >= 15 is 0 Å². The third-order valence-corrected chi connectivity index (χ3v) is 4.91. The first-order chi connectivity index (χ1) is 12.2. The molecule has 5 rings (SSSR count). The Balaban J connectivity index is 1.79. The molecule has 0 amide bonds. The molecular weight excluding hydrogens is 314 g/mol. The summed E-state index contributed by atoms with van der Waals surface area (Å²) in [5.41, 5.74) is 7.24. The first-order valence-corrected chi connectivity index (χ1v) is 8.46. The fourth-order valence-electron chi connectivity index (χ4n) is 3.75. The van der Waals surface area contributed by atoms with Crippen LogP contribution in [0.3, 0.4) is 0 Å². The number of aromatic nitrogens is 5. The van der Waals surface area contributed by atoms with Gasteiger partial charge in [0.1, 0.15) is 5.69 Å². The van der Waals surface area contributed by atoms with Gasteiger partial charge >= 0.3 is 0 Å². The van der Waals surface area contributed by atoms with Gasteiger partial charge in [0.25, 0.3) is 5.56 Å². The van der Waals surface area contributed by atoms with Crippen LogP contribution in [-0.4, -0.2) is 24.8 Å². The van der Waals surface area contributed by atoms with E-state index in [-0.39, 0.29) is 5.56 Å². The summed E-state index contributed by atoms with van der Waals surface area (Å²) in [7, 11) is 0. The first kappa shape index (κ1) is 14.2. The lowest BCUT2D eigenvalue weighted by atomic mass is 10.1. The van der Waals surface area contributed by atoms with E-state index in [4.69, 9.17) is 4.98 Å². The van der Waals surface area contributed by atoms with Gasteiger partial charge in [0.05, 0.1) is 5.69 Å². The van der Waals surface area contributed by atoms with Gasteiger partial charge in [-0.3, -0.25) is 15.0 Å². The van der Waals surface area contributed by atoms with Crippen LogP contribution in [0.15, 0.2) is 41.2 Å². The Hall–Kier alpha value is -3.15. The first-order valence-electron chi connectivity index (χ1n) is 8.46. The van der Waals surface area contributed by atoms with Gasteiger partial charge in [0, 0.05) is 28.6 Å². The Morgan fingerprint density at radius 1 is 1.16 bits per heavy atom. The summed E-state index contributed by atoms with van der Waals surface area (Å²) in [6.45, 7) is 1.96. The average Bonchev–Trinajstić information content (AvgIpc) is 3.29. The van der Waals surface area contributed by atoms with Crippen molar-refractivity contribution >= 4 is 5.65 Å². The van der Waals surface area contributed by atoms with E-state index in [0.717, 1.165) is 41.8 Å². The maximum absolute atomic E-state index is 12.6. The molecule has 0 saturated heterocycles. The number of rotatable bonds is 2. The number of benzene rings is 1. The number of nitrogens with zero attached hydrogens (tertiary/aromatic N) is 3. The molecule has 0 saturated carbocycles. The Labute approximate surface area is 143 Å². The number of hydrogen-bond acceptors (Lipinski definition) is 3. The van der Waals surface area contributed by atoms with Gasteiger partial charge in [-0.15, -0.1) is 0 Å². The van der Waals surface area contributed by atoms with Crippen LogP contribution in [0.2, 0.25) is 0 Å². The summed E-state index contributed by atoms with van der Waals surface area (Å²) in [5.74, 6) is 0. The van der Waals surface area contributed by atoms with Crippen molar-refractivity contribution in [2.75, 3.05) is 0 Å². The van der Waals surface area contributed by atoms with Gasteiger partial charge < -0.3 is 0 Å². The lowest BCUT2D eigenvalue weighted by Gasteiger charge is -2.03. The van der Waals surface area contributed by atoms with E-state index in [2.05, 4.69) is 15.3 Å². The molecule has 0 radical (unpaired) electrons. The summed E-state index contributed by atoms with van der Waals surface area (Å²) in [4.78, 5) is 17.4. The minimum Gasteiger partial charge on any atom is -0.293 e. The second-order valence-electron chi connectivity index (χ2n) is 6.50. The molecule has 124 valence electrons. The maximum atomic E-state index is 12.6. The Bertz CT molecular complexity index is 1150. The Morgan fingerprint density at radius 2 is 2.00 bits per heavy atom. The zero-order chi connectivity index (χ0) is 17.0. The summed E-state index contributed by atoms with van der Waals surface area (Å²) >= 11 is 0. The van der Waals surface area contributed by atoms with Crippen LogP contribution in [0.1, 0.15) is 23.4 Å². The smallest absolute Gasteiger partial charge is 0.273 e. The normalized spacial score (nSPS) is 13.5. The molecule has 4 aromatic rings. The zero-order valence-corrected chi connectivity index (χ0v) is 13.8. The number of hydrogen-bond donors (Lipinski definition) is 2. The number of nitrogens with one attached hydrogen (secondary N) is 2. The van der Waals surface area contributed by atoms with Crippen LogP contribution in [0.5, 0.6) is 0 Å². The molecule has 1 aliphatic rings. The van der Waals surface area contributed by atoms with Crippen molar-refractivity contribution in [1.82, 2.24) is 24.8 Å². The van der Waals surface area contributed by atoms with Crippen LogP contribution in [0.4, 0.5) is 0 Å². The molecule has 25 heavy (non-hydrogen) atoms. The Morgan fingerprint density at radius 3 is 2.84 bits per heavy atom. The molecule has 3 aromatic heterocycles. The third-order valence-electron chi connectivity index (χ3n) is 4.91. The maximum Gasteiger partial charge on any atom is 0.273 e. The fraction of sp³-hybridized carbons (Fsp3) is 0.211. The Kier molecular flexibility index (Phi) is 2.94. The van der Waals surface area contributed by atoms with Crippen LogP contribution in [-0.2, 0) is 12.8 Å². The predicted octanol–water partition coefficient (Wildman–Crippen LogP) is 2.88. The van der Waals surface area contributed by atoms with Gasteiger partial charge in [0.15, 0.2) is 5.65 Å². The van der Waals surface area contributed by atoms with E-state index in [1.54, 1.807) is 6.07 Å². The van der Waals surface area contributed by atoms with Crippen molar-refractivity contribution in [1.29, 1.82) is 0 Å². The highest BCUT2D eigenvalue weighted by Gasteiger charge is 2.22. The molecule has 0 unspecified atom stereocenters. The van der Waals surface area contributed by atoms with Gasteiger partial charge in [-0.2, -0.15) is 5.10 Å². The quantitative estimate of drug-likeness (QED) is 0.593. The molecule has 2 N–H and O–H groups in total. The summed E-state index contributed by atoms with van der Waals surface area (Å²) in [5, 5.41) is 10.6. The van der Waals surface area contributed by atoms with Crippen molar-refractivity contribution in [2.45, 2.75) is 26.2 Å². The molecule has 0 aliphatic heterocycles. The topological polar surface area (TPSA) is 78.8 Å². The van der Waals surface area contributed by atoms with Crippen LogP contribution >= 0.6 is 0 Å². The summed E-state index contributed by atoms with van der Waals surface area (Å²) < 4.78 is 1.51. The molecule has 6 heteroatoms. The standard InChI is InChI=1S/C19H17N5O/c1-11-17(12-6-3-2-4-7-12)19-20-15(10-16(25)24(19)23-11)18-13-8-5-9-14(13)21-22-18/h2-4,6-7,10,23H,5,8-9H2,1H3,(H,21,22). The molecule has 1 aromatic carbocycles. The molecule has 6 nitrogen and oxygen atoms in total. The predicted molar refractivity (Wildman–Crippen MR) is 95.6 cm³/mol. The van der Waals surface area contributed by atoms with Gasteiger partial charge in [0.2, 0.25) is 0 Å². The average molecular weight is 331 g/mol. The SMILES string of the molecule is Cc1[nH]n2c(=O)cc(-c3n[nH]c4c3CCC4)nc2c1-c1ccccc1. The van der Waals surface area contributed by atoms with Crippen molar-refractivity contribution in [3.8, 4) is 22.5 Å². The number of fused-ring (bicyclic) bond motifs is 2. The highest BCUT2D eigenvalue weighted by Crippen LogP contribution is 2.31. The van der Waals surface area contributed by atoms with Crippen molar-refractivity contribution in [3.05, 3.63) is 63.7 Å². The van der Waals surface area contributed by atoms with Crippen LogP contribution in [0, 0.1) is 6.92 Å². The van der Waals surface area contributed by atoms with Gasteiger partial charge in [-0.1, -0.05) is 30.3 Å². The molecule has 0 bridgehead atoms. The highest BCUT2D eigenvalue weighted by molar-refractivity contribution is 5.81. The van der Waals surface area contributed by atoms with Gasteiger partial charge in [-0.05, 0) is 31.7 Å². The van der Waals surface area contributed by atoms with E-state index in [1.807, 2.05) is 37.3 Å². The van der Waals surface area contributed by atoms with E-state index < -0.39 is 0 Å². The number of aryl methyl sites for hydroxylation is 2. The lowest BCUT2D eigenvalue weighted by Crippen LogP contribution is -2.14. The van der Waals surface area contributed by atoms with Crippen LogP contribution < -0.4 is 5.56 Å². The number of aromatic amines is 2. The minimum atomic E-state index is -0.125. The van der Waals surface area contributed by atoms with Crippen molar-refractivity contribution in [3.63, 3.8) is 0 Å². The monoisotopic (exact) mass is 331 g/mol. The highest BCUT2D eigenvalue weighted by atomic mass is 16.1. The third kappa shape index (κ3) is 2.07. The van der Waals surface area contributed by atoms with E-state index in [0.29, 0.717) is 11.3 Å². The van der Waals surface area contributed by atoms with Gasteiger partial charge in [-0.25, -0.2) is 9.50 Å². The fourth-order valence-corrected chi connectivity index (χ4v) is 3.75. The van der Waals surface area contributed by atoms with Crippen LogP contribution in [0.25, 0.3) is 28.2 Å². The van der Waals surface area contributed by atoms with Crippen molar-refractivity contribution < 1.29 is 0 Å². The molecule has 1 aliphatic carbocycles. The van der Waals surface area contributed by atoms with E-state index in [1.165, 1.54) is 15.8 Å². The second kappa shape index (κ2) is 5.17. The van der Waals surface area contributed by atoms with E-state index in [9.17, 15) is 4.79 Å². The minimum absolute atomic E-state index is 0.125. The largest absolute Gasteiger partial charge is 0.293 e. The molecule has 0 atom stereocenters. The molecule has 0 spiro atoms. The zero-order valence-electron chi connectivity index (χ0n) is 13.8. The molecule has 3 heterocycles. The lowest BCUT2D eigenvalue weighted by molar-refractivity contribution is 0.861. The molecule has 0 fully saturated rings. The van der Waals surface area contributed by atoms with Crippen molar-refractivity contribution in [2.24, 2.45) is 0 Å². The number of H-pyrrole nitrogens is 2.